The van der Waals surface area contributed by atoms with Gasteiger partial charge in [-0.2, -0.15) is 13.2 Å². The second-order valence-corrected chi connectivity index (χ2v) is 7.16. The van der Waals surface area contributed by atoms with Crippen LogP contribution in [0.3, 0.4) is 0 Å². The van der Waals surface area contributed by atoms with Crippen molar-refractivity contribution in [2.45, 2.75) is 25.9 Å². The lowest BCUT2D eigenvalue weighted by Gasteiger charge is -2.35. The zero-order valence-electron chi connectivity index (χ0n) is 14.6. The highest BCUT2D eigenvalue weighted by Gasteiger charge is 2.35. The Balaban J connectivity index is 2.08. The first kappa shape index (κ1) is 19.2. The summed E-state index contributed by atoms with van der Waals surface area (Å²) in [5, 5.41) is 0.500. The Morgan fingerprint density at radius 3 is 2.35 bits per heavy atom. The van der Waals surface area contributed by atoms with Gasteiger partial charge in [-0.1, -0.05) is 17.2 Å². The lowest BCUT2D eigenvalue weighted by Crippen LogP contribution is -2.47. The predicted octanol–water partition coefficient (Wildman–Crippen LogP) is 4.58. The van der Waals surface area contributed by atoms with E-state index < -0.39 is 17.6 Å². The van der Waals surface area contributed by atoms with Crippen LogP contribution in [0.25, 0.3) is 0 Å². The van der Waals surface area contributed by atoms with Crippen molar-refractivity contribution in [2.75, 3.05) is 33.2 Å². The summed E-state index contributed by atoms with van der Waals surface area (Å²) in [4.78, 5) is 8.67. The highest BCUT2D eigenvalue weighted by atomic mass is 35.5. The minimum atomic E-state index is -4.73. The third kappa shape index (κ3) is 3.88. The van der Waals surface area contributed by atoms with E-state index in [1.165, 1.54) is 0 Å². The van der Waals surface area contributed by atoms with Crippen LogP contribution in [-0.2, 0) is 12.6 Å². The molecule has 0 spiro atoms. The first-order chi connectivity index (χ1) is 12.2. The first-order valence-corrected chi connectivity index (χ1v) is 8.82. The van der Waals surface area contributed by atoms with Gasteiger partial charge in [0.05, 0.1) is 16.3 Å². The number of alkyl halides is 3. The smallest absolute Gasteiger partial charge is 0.353 e. The number of nitrogens with zero attached hydrogens (tertiary/aromatic N) is 3. The molecule has 0 saturated carbocycles. The molecule has 0 atom stereocenters. The zero-order chi connectivity index (χ0) is 19.1. The van der Waals surface area contributed by atoms with Crippen molar-refractivity contribution in [2.24, 2.45) is 4.99 Å². The number of likely N-dealkylation sites (N-methyl/N-ethyl adjacent to an activating group) is 1. The Morgan fingerprint density at radius 2 is 1.73 bits per heavy atom. The number of rotatable bonds is 0. The van der Waals surface area contributed by atoms with Crippen molar-refractivity contribution < 1.29 is 17.6 Å². The molecule has 1 saturated heterocycles. The molecular formula is C18H20ClF4N3. The Kier molecular flexibility index (Phi) is 5.30. The number of benzene rings is 1. The second-order valence-electron chi connectivity index (χ2n) is 6.78. The van der Waals surface area contributed by atoms with Gasteiger partial charge in [-0.15, -0.1) is 0 Å². The van der Waals surface area contributed by atoms with Gasteiger partial charge in [0.15, 0.2) is 0 Å². The summed E-state index contributed by atoms with van der Waals surface area (Å²) in [6.45, 7) is 4.93. The van der Waals surface area contributed by atoms with Gasteiger partial charge in [0, 0.05) is 32.2 Å². The highest BCUT2D eigenvalue weighted by molar-refractivity contribution is 6.43. The van der Waals surface area contributed by atoms with E-state index in [2.05, 4.69) is 9.89 Å². The molecule has 0 aliphatic carbocycles. The number of aryl methyl sites for hydroxylation is 1. The summed E-state index contributed by atoms with van der Waals surface area (Å²) in [6, 6.07) is 1.75. The second kappa shape index (κ2) is 7.19. The van der Waals surface area contributed by atoms with E-state index in [1.807, 2.05) is 18.9 Å². The quantitative estimate of drug-likeness (QED) is 0.605. The number of fused-ring (bicyclic) bond motifs is 1. The third-order valence-corrected chi connectivity index (χ3v) is 5.33. The van der Waals surface area contributed by atoms with Crippen LogP contribution in [0.5, 0.6) is 0 Å². The predicted molar refractivity (Wildman–Crippen MR) is 94.4 cm³/mol. The normalized spacial score (nSPS) is 19.8. The van der Waals surface area contributed by atoms with E-state index in [0.717, 1.165) is 30.8 Å². The van der Waals surface area contributed by atoms with E-state index in [0.29, 0.717) is 42.4 Å². The van der Waals surface area contributed by atoms with Crippen LogP contribution in [0, 0.1) is 5.82 Å². The maximum absolute atomic E-state index is 14.0. The molecular weight excluding hydrogens is 370 g/mol. The van der Waals surface area contributed by atoms with Gasteiger partial charge in [-0.3, -0.25) is 0 Å². The van der Waals surface area contributed by atoms with E-state index >= 15 is 0 Å². The topological polar surface area (TPSA) is 18.8 Å². The lowest BCUT2D eigenvalue weighted by atomic mass is 9.99. The molecule has 1 aromatic rings. The molecule has 2 aliphatic rings. The molecule has 2 aliphatic heterocycles. The molecule has 2 heterocycles. The summed E-state index contributed by atoms with van der Waals surface area (Å²) < 4.78 is 53.1. The average molecular weight is 390 g/mol. The maximum Gasteiger partial charge on any atom is 0.419 e. The molecule has 0 radical (unpaired) electrons. The van der Waals surface area contributed by atoms with Crippen molar-refractivity contribution in [3.63, 3.8) is 0 Å². The Labute approximate surface area is 154 Å². The number of amidine groups is 1. The third-order valence-electron chi connectivity index (χ3n) is 4.84. The molecule has 0 unspecified atom stereocenters. The molecule has 142 valence electrons. The van der Waals surface area contributed by atoms with Gasteiger partial charge in [-0.05, 0) is 38.4 Å². The summed E-state index contributed by atoms with van der Waals surface area (Å²) in [5.41, 5.74) is 0.220. The molecule has 3 rings (SSSR count). The molecule has 8 heteroatoms. The van der Waals surface area contributed by atoms with E-state index in [4.69, 9.17) is 11.6 Å². The highest BCUT2D eigenvalue weighted by Crippen LogP contribution is 2.37. The fourth-order valence-corrected chi connectivity index (χ4v) is 3.40. The number of piperazine rings is 1. The summed E-state index contributed by atoms with van der Waals surface area (Å²) in [5.74, 6) is -0.799. The van der Waals surface area contributed by atoms with Crippen LogP contribution in [0.1, 0.15) is 24.5 Å². The molecule has 1 fully saturated rings. The number of hydrogen-bond donors (Lipinski definition) is 0. The summed E-state index contributed by atoms with van der Waals surface area (Å²) >= 11 is 6.51. The fraction of sp³-hybridized carbons (Fsp3) is 0.500. The van der Waals surface area contributed by atoms with Crippen molar-refractivity contribution in [1.29, 1.82) is 0 Å². The fourth-order valence-electron chi connectivity index (χ4n) is 3.14. The molecule has 0 N–H and O–H groups in total. The van der Waals surface area contributed by atoms with Crippen LogP contribution in [0.15, 0.2) is 27.7 Å². The Morgan fingerprint density at radius 1 is 1.08 bits per heavy atom. The standard InChI is InChI=1S/C18H20ClF4N3/c1-11-3-4-12-9-13(18(21,22)23)14(20)10-15(12)24-17(16(11)19)26-7-5-25(2)6-8-26/h9-10H,3-8H2,1-2H3. The van der Waals surface area contributed by atoms with Gasteiger partial charge in [0.1, 0.15) is 11.7 Å². The minimum absolute atomic E-state index is 0.218. The first-order valence-electron chi connectivity index (χ1n) is 8.44. The van der Waals surface area contributed by atoms with Crippen LogP contribution in [0.4, 0.5) is 23.2 Å². The van der Waals surface area contributed by atoms with Crippen molar-refractivity contribution in [3.05, 3.63) is 39.7 Å². The molecule has 0 bridgehead atoms. The van der Waals surface area contributed by atoms with Crippen LogP contribution in [0.2, 0.25) is 0 Å². The van der Waals surface area contributed by atoms with Crippen molar-refractivity contribution >= 4 is 23.1 Å². The SMILES string of the molecule is CC1=C(Cl)C(N2CCN(C)CC2)=Nc2cc(F)c(C(F)(F)F)cc2CC1. The maximum atomic E-state index is 14.0. The minimum Gasteiger partial charge on any atom is -0.353 e. The Bertz CT molecular complexity index is 762. The van der Waals surface area contributed by atoms with E-state index in [1.54, 1.807) is 0 Å². The molecule has 1 aromatic carbocycles. The zero-order valence-corrected chi connectivity index (χ0v) is 15.4. The monoisotopic (exact) mass is 389 g/mol. The summed E-state index contributed by atoms with van der Waals surface area (Å²) in [7, 11) is 2.02. The van der Waals surface area contributed by atoms with E-state index in [9.17, 15) is 17.6 Å². The van der Waals surface area contributed by atoms with Gasteiger partial charge in [0.2, 0.25) is 0 Å². The lowest BCUT2D eigenvalue weighted by molar-refractivity contribution is -0.140. The van der Waals surface area contributed by atoms with Gasteiger partial charge in [-0.25, -0.2) is 9.38 Å². The number of allylic oxidation sites excluding steroid dienone is 1. The van der Waals surface area contributed by atoms with E-state index in [-0.39, 0.29) is 5.69 Å². The Hall–Kier alpha value is -1.60. The molecule has 0 aromatic heterocycles. The van der Waals surface area contributed by atoms with Crippen LogP contribution < -0.4 is 0 Å². The van der Waals surface area contributed by atoms with Gasteiger partial charge in [0.25, 0.3) is 0 Å². The number of aliphatic imine (C=N–C) groups is 1. The summed E-state index contributed by atoms with van der Waals surface area (Å²) in [6.07, 6.45) is -3.89. The molecule has 3 nitrogen and oxygen atoms in total. The van der Waals surface area contributed by atoms with Crippen molar-refractivity contribution in [1.82, 2.24) is 9.80 Å². The van der Waals surface area contributed by atoms with Gasteiger partial charge >= 0.3 is 6.18 Å². The van der Waals surface area contributed by atoms with Crippen LogP contribution >= 0.6 is 11.6 Å². The number of halogens is 5. The van der Waals surface area contributed by atoms with Crippen LogP contribution in [-0.4, -0.2) is 48.9 Å². The number of hydrogen-bond acceptors (Lipinski definition) is 3. The average Bonchev–Trinajstić information content (AvgIpc) is 2.56. The molecule has 26 heavy (non-hydrogen) atoms. The van der Waals surface area contributed by atoms with Gasteiger partial charge < -0.3 is 9.80 Å². The molecule has 0 amide bonds. The largest absolute Gasteiger partial charge is 0.419 e. The van der Waals surface area contributed by atoms with Crippen molar-refractivity contribution in [3.8, 4) is 0 Å².